The zero-order chi connectivity index (χ0) is 20.1. The Labute approximate surface area is 177 Å². The molecule has 2 N–H and O–H groups in total. The van der Waals surface area contributed by atoms with E-state index in [-0.39, 0.29) is 11.0 Å². The summed E-state index contributed by atoms with van der Waals surface area (Å²) in [6, 6.07) is 16.9. The molecule has 1 amide bonds. The molecule has 0 heterocycles. The summed E-state index contributed by atoms with van der Waals surface area (Å²) in [5.41, 5.74) is 1.07. The van der Waals surface area contributed by atoms with Gasteiger partial charge in [-0.1, -0.05) is 36.4 Å². The lowest BCUT2D eigenvalue weighted by molar-refractivity contribution is 0.0975. The van der Waals surface area contributed by atoms with E-state index < -0.39 is 0 Å². The number of hydrogen-bond donors (Lipinski definition) is 2. The summed E-state index contributed by atoms with van der Waals surface area (Å²) in [5.74, 6) is 0.746. The van der Waals surface area contributed by atoms with Crippen LogP contribution in [0.2, 0.25) is 0 Å². The van der Waals surface area contributed by atoms with Crippen LogP contribution < -0.4 is 20.1 Å². The van der Waals surface area contributed by atoms with E-state index in [2.05, 4.69) is 26.6 Å². The number of anilines is 1. The Morgan fingerprint density at radius 3 is 2.61 bits per heavy atom. The predicted octanol–water partition coefficient (Wildman–Crippen LogP) is 5.14. The van der Waals surface area contributed by atoms with Crippen molar-refractivity contribution in [2.45, 2.75) is 6.92 Å². The molecule has 5 nitrogen and oxygen atoms in total. The van der Waals surface area contributed by atoms with Crippen LogP contribution in [0.15, 0.2) is 59.1 Å². The average molecular weight is 459 g/mol. The Hall–Kier alpha value is -2.64. The van der Waals surface area contributed by atoms with Crippen LogP contribution in [-0.2, 0) is 0 Å². The fraction of sp³-hybridized carbons (Fsp3) is 0.143. The molecular formula is C21H19BrN2O3S. The van der Waals surface area contributed by atoms with Gasteiger partial charge in [-0.2, -0.15) is 0 Å². The van der Waals surface area contributed by atoms with Gasteiger partial charge in [-0.15, -0.1) is 0 Å². The van der Waals surface area contributed by atoms with Crippen molar-refractivity contribution in [3.05, 3.63) is 64.6 Å². The third-order valence-electron chi connectivity index (χ3n) is 4.05. The first kappa shape index (κ1) is 20.1. The van der Waals surface area contributed by atoms with Crippen LogP contribution in [0, 0.1) is 0 Å². The summed E-state index contributed by atoms with van der Waals surface area (Å²) in [7, 11) is 1.53. The zero-order valence-electron chi connectivity index (χ0n) is 15.4. The molecule has 28 heavy (non-hydrogen) atoms. The number of amides is 1. The molecule has 3 aromatic rings. The van der Waals surface area contributed by atoms with Gasteiger partial charge < -0.3 is 14.8 Å². The summed E-state index contributed by atoms with van der Waals surface area (Å²) >= 11 is 8.85. The van der Waals surface area contributed by atoms with Crippen LogP contribution in [0.25, 0.3) is 10.8 Å². The smallest absolute Gasteiger partial charge is 0.261 e. The molecule has 0 saturated heterocycles. The van der Waals surface area contributed by atoms with Crippen LogP contribution in [0.1, 0.15) is 17.3 Å². The van der Waals surface area contributed by atoms with E-state index in [9.17, 15) is 4.79 Å². The quantitative estimate of drug-likeness (QED) is 0.518. The number of halogens is 1. The van der Waals surface area contributed by atoms with Crippen molar-refractivity contribution < 1.29 is 14.3 Å². The molecule has 0 atom stereocenters. The van der Waals surface area contributed by atoms with Gasteiger partial charge in [-0.05, 0) is 64.0 Å². The van der Waals surface area contributed by atoms with Crippen LogP contribution in [-0.4, -0.2) is 24.7 Å². The summed E-state index contributed by atoms with van der Waals surface area (Å²) in [6.45, 7) is 2.43. The first-order valence-electron chi connectivity index (χ1n) is 8.64. The molecule has 0 fully saturated rings. The number of ether oxygens (including phenoxy) is 2. The van der Waals surface area contributed by atoms with Crippen molar-refractivity contribution in [3.8, 4) is 11.5 Å². The first-order valence-corrected chi connectivity index (χ1v) is 9.84. The van der Waals surface area contributed by atoms with Gasteiger partial charge in [0.15, 0.2) is 5.11 Å². The number of carbonyl (C=O) groups is 1. The minimum absolute atomic E-state index is 0.170. The van der Waals surface area contributed by atoms with E-state index in [0.717, 1.165) is 15.2 Å². The lowest BCUT2D eigenvalue weighted by Crippen LogP contribution is -2.34. The van der Waals surface area contributed by atoms with E-state index >= 15 is 0 Å². The fourth-order valence-corrected chi connectivity index (χ4v) is 3.77. The number of carbonyl (C=O) groups excluding carboxylic acids is 1. The molecule has 0 bridgehead atoms. The van der Waals surface area contributed by atoms with E-state index in [1.165, 1.54) is 7.11 Å². The number of fused-ring (bicyclic) bond motifs is 1. The maximum absolute atomic E-state index is 12.9. The Morgan fingerprint density at radius 2 is 1.86 bits per heavy atom. The second-order valence-electron chi connectivity index (χ2n) is 5.83. The van der Waals surface area contributed by atoms with Crippen LogP contribution in [0.5, 0.6) is 11.5 Å². The minimum atomic E-state index is -0.366. The van der Waals surface area contributed by atoms with Crippen LogP contribution >= 0.6 is 28.1 Å². The lowest BCUT2D eigenvalue weighted by atomic mass is 10.1. The molecule has 3 aromatic carbocycles. The number of nitrogens with one attached hydrogen (secondary N) is 2. The van der Waals surface area contributed by atoms with Gasteiger partial charge >= 0.3 is 0 Å². The predicted molar refractivity (Wildman–Crippen MR) is 119 cm³/mol. The monoisotopic (exact) mass is 458 g/mol. The number of thiocarbonyl (C=S) groups is 1. The number of hydrogen-bond acceptors (Lipinski definition) is 4. The number of rotatable bonds is 5. The normalized spacial score (nSPS) is 10.4. The molecule has 144 valence electrons. The Balaban J connectivity index is 1.84. The van der Waals surface area contributed by atoms with Crippen molar-refractivity contribution in [3.63, 3.8) is 0 Å². The summed E-state index contributed by atoms with van der Waals surface area (Å²) in [5, 5.41) is 7.76. The van der Waals surface area contributed by atoms with E-state index in [1.54, 1.807) is 6.07 Å². The second kappa shape index (κ2) is 9.03. The van der Waals surface area contributed by atoms with Gasteiger partial charge in [0, 0.05) is 0 Å². The van der Waals surface area contributed by atoms with Crippen LogP contribution in [0.3, 0.4) is 0 Å². The highest BCUT2D eigenvalue weighted by Gasteiger charge is 2.19. The molecule has 0 aliphatic heterocycles. The van der Waals surface area contributed by atoms with E-state index in [4.69, 9.17) is 21.7 Å². The molecule has 0 unspecified atom stereocenters. The maximum atomic E-state index is 12.9. The van der Waals surface area contributed by atoms with Crippen LogP contribution in [0.4, 0.5) is 5.69 Å². The van der Waals surface area contributed by atoms with Gasteiger partial charge in [-0.3, -0.25) is 10.1 Å². The highest BCUT2D eigenvalue weighted by molar-refractivity contribution is 9.10. The molecular weight excluding hydrogens is 440 g/mol. The number of methoxy groups -OCH3 is 1. The largest absolute Gasteiger partial charge is 0.495 e. The standard InChI is InChI=1S/C21H19BrN2O3S/c1-3-27-17-11-7-6-10-16(17)23-21(28)24-20(25)15-12-13-8-4-5-9-14(13)18(22)19(15)26-2/h4-12H,3H2,1-2H3,(H2,23,24,25,28). The van der Waals surface area contributed by atoms with Crippen molar-refractivity contribution in [1.29, 1.82) is 0 Å². The highest BCUT2D eigenvalue weighted by Crippen LogP contribution is 2.36. The van der Waals surface area contributed by atoms with Gasteiger partial charge in [0.1, 0.15) is 11.5 Å². The molecule has 0 radical (unpaired) electrons. The van der Waals surface area contributed by atoms with Crippen molar-refractivity contribution in [2.75, 3.05) is 19.0 Å². The minimum Gasteiger partial charge on any atom is -0.495 e. The first-order chi connectivity index (χ1) is 13.5. The van der Waals surface area contributed by atoms with Gasteiger partial charge in [0.2, 0.25) is 0 Å². The molecule has 0 aromatic heterocycles. The van der Waals surface area contributed by atoms with Gasteiger partial charge in [-0.25, -0.2) is 0 Å². The SMILES string of the molecule is CCOc1ccccc1NC(=S)NC(=O)c1cc2ccccc2c(Br)c1OC. The van der Waals surface area contributed by atoms with Crippen molar-refractivity contribution in [1.82, 2.24) is 5.32 Å². The highest BCUT2D eigenvalue weighted by atomic mass is 79.9. The van der Waals surface area contributed by atoms with Crippen molar-refractivity contribution in [2.24, 2.45) is 0 Å². The van der Waals surface area contributed by atoms with Gasteiger partial charge in [0.25, 0.3) is 5.91 Å². The summed E-state index contributed by atoms with van der Waals surface area (Å²) < 4.78 is 11.8. The zero-order valence-corrected chi connectivity index (χ0v) is 17.8. The molecule has 0 saturated carbocycles. The number of para-hydroxylation sites is 2. The average Bonchev–Trinajstić information content (AvgIpc) is 2.69. The third kappa shape index (κ3) is 4.26. The maximum Gasteiger partial charge on any atom is 0.261 e. The molecule has 7 heteroatoms. The van der Waals surface area contributed by atoms with E-state index in [1.807, 2.05) is 55.5 Å². The molecule has 0 aliphatic carbocycles. The molecule has 3 rings (SSSR count). The Kier molecular flexibility index (Phi) is 6.49. The van der Waals surface area contributed by atoms with E-state index in [0.29, 0.717) is 29.4 Å². The second-order valence-corrected chi connectivity index (χ2v) is 7.03. The summed E-state index contributed by atoms with van der Waals surface area (Å²) in [6.07, 6.45) is 0. The Morgan fingerprint density at radius 1 is 1.14 bits per heavy atom. The lowest BCUT2D eigenvalue weighted by Gasteiger charge is -2.16. The third-order valence-corrected chi connectivity index (χ3v) is 5.04. The molecule has 0 aliphatic rings. The fourth-order valence-electron chi connectivity index (χ4n) is 2.83. The molecule has 0 spiro atoms. The van der Waals surface area contributed by atoms with Gasteiger partial charge in [0.05, 0.1) is 29.4 Å². The summed E-state index contributed by atoms with van der Waals surface area (Å²) in [4.78, 5) is 12.9. The number of benzene rings is 3. The topological polar surface area (TPSA) is 59.6 Å². The van der Waals surface area contributed by atoms with Crippen molar-refractivity contribution >= 4 is 55.6 Å². The Bertz CT molecular complexity index is 1040.